The first-order valence-electron chi connectivity index (χ1n) is 4.07. The van der Waals surface area contributed by atoms with Crippen LogP contribution in [-0.4, -0.2) is 24.2 Å². The molecular weight excluding hydrogens is 223 g/mol. The summed E-state index contributed by atoms with van der Waals surface area (Å²) in [6, 6.07) is 6.83. The molecule has 0 radical (unpaired) electrons. The standard InChI is InChI=1S/C10H10Cl2O2/c1-14-8-4-2-3-7(5-8)10(13)9(12)6-11/h2-5,9H,6H2,1H3. The highest BCUT2D eigenvalue weighted by Gasteiger charge is 2.16. The highest BCUT2D eigenvalue weighted by atomic mass is 35.5. The van der Waals surface area contributed by atoms with Gasteiger partial charge in [-0.05, 0) is 12.1 Å². The largest absolute Gasteiger partial charge is 0.497 e. The number of rotatable bonds is 4. The molecule has 1 atom stereocenters. The minimum atomic E-state index is -0.677. The van der Waals surface area contributed by atoms with Gasteiger partial charge in [0.25, 0.3) is 0 Å². The number of methoxy groups -OCH3 is 1. The number of ketones is 1. The van der Waals surface area contributed by atoms with Crippen molar-refractivity contribution in [2.75, 3.05) is 13.0 Å². The molecule has 0 aliphatic carbocycles. The van der Waals surface area contributed by atoms with Crippen molar-refractivity contribution in [1.29, 1.82) is 0 Å². The van der Waals surface area contributed by atoms with Gasteiger partial charge < -0.3 is 4.74 Å². The quantitative estimate of drug-likeness (QED) is 0.590. The summed E-state index contributed by atoms with van der Waals surface area (Å²) in [5.41, 5.74) is 0.519. The van der Waals surface area contributed by atoms with Crippen LogP contribution in [0.25, 0.3) is 0 Å². The lowest BCUT2D eigenvalue weighted by atomic mass is 10.1. The molecule has 0 N–H and O–H groups in total. The Kier molecular flexibility index (Phi) is 4.23. The molecule has 76 valence electrons. The number of carbonyl (C=O) groups excluding carboxylic acids is 1. The van der Waals surface area contributed by atoms with Crippen LogP contribution in [0.2, 0.25) is 0 Å². The fourth-order valence-electron chi connectivity index (χ4n) is 1.03. The number of carbonyl (C=O) groups is 1. The first kappa shape index (κ1) is 11.3. The van der Waals surface area contributed by atoms with E-state index in [-0.39, 0.29) is 11.7 Å². The van der Waals surface area contributed by atoms with E-state index in [1.807, 2.05) is 0 Å². The second kappa shape index (κ2) is 5.23. The van der Waals surface area contributed by atoms with E-state index in [4.69, 9.17) is 27.9 Å². The van der Waals surface area contributed by atoms with Gasteiger partial charge in [0, 0.05) is 11.4 Å². The lowest BCUT2D eigenvalue weighted by molar-refractivity contribution is 0.0992. The lowest BCUT2D eigenvalue weighted by Crippen LogP contribution is -2.16. The predicted octanol–water partition coefficient (Wildman–Crippen LogP) is 2.72. The zero-order valence-electron chi connectivity index (χ0n) is 7.67. The fraction of sp³-hybridized carbons (Fsp3) is 0.300. The zero-order valence-corrected chi connectivity index (χ0v) is 9.18. The maximum Gasteiger partial charge on any atom is 0.182 e. The van der Waals surface area contributed by atoms with E-state index in [9.17, 15) is 4.79 Å². The van der Waals surface area contributed by atoms with Crippen LogP contribution in [0.1, 0.15) is 10.4 Å². The lowest BCUT2D eigenvalue weighted by Gasteiger charge is -2.06. The number of Topliss-reactive ketones (excluding diaryl/α,β-unsaturated/α-hetero) is 1. The molecule has 14 heavy (non-hydrogen) atoms. The summed E-state index contributed by atoms with van der Waals surface area (Å²) in [5, 5.41) is -0.677. The third-order valence-corrected chi connectivity index (χ3v) is 2.59. The molecule has 0 aromatic heterocycles. The summed E-state index contributed by atoms with van der Waals surface area (Å²) in [4.78, 5) is 11.6. The third kappa shape index (κ3) is 2.63. The number of ether oxygens (including phenoxy) is 1. The van der Waals surface area contributed by atoms with Gasteiger partial charge in [-0.3, -0.25) is 4.79 Å². The predicted molar refractivity (Wildman–Crippen MR) is 57.7 cm³/mol. The van der Waals surface area contributed by atoms with Gasteiger partial charge in [0.1, 0.15) is 11.1 Å². The number of hydrogen-bond donors (Lipinski definition) is 0. The van der Waals surface area contributed by atoms with Crippen LogP contribution in [0.3, 0.4) is 0 Å². The van der Waals surface area contributed by atoms with Crippen molar-refractivity contribution in [3.8, 4) is 5.75 Å². The molecule has 1 aromatic rings. The molecule has 4 heteroatoms. The second-order valence-corrected chi connectivity index (χ2v) is 3.55. The summed E-state index contributed by atoms with van der Waals surface area (Å²) in [7, 11) is 1.54. The Morgan fingerprint density at radius 1 is 1.57 bits per heavy atom. The van der Waals surface area contributed by atoms with Crippen LogP contribution in [0, 0.1) is 0 Å². The maximum atomic E-state index is 11.6. The minimum Gasteiger partial charge on any atom is -0.497 e. The fourth-order valence-corrected chi connectivity index (χ4v) is 1.29. The van der Waals surface area contributed by atoms with Crippen molar-refractivity contribution in [2.45, 2.75) is 5.38 Å². The van der Waals surface area contributed by atoms with E-state index in [2.05, 4.69) is 0 Å². The molecule has 0 aliphatic heterocycles. The van der Waals surface area contributed by atoms with Gasteiger partial charge in [-0.2, -0.15) is 0 Å². The highest BCUT2D eigenvalue weighted by Crippen LogP contribution is 2.16. The molecule has 2 nitrogen and oxygen atoms in total. The number of hydrogen-bond acceptors (Lipinski definition) is 2. The van der Waals surface area contributed by atoms with Crippen molar-refractivity contribution < 1.29 is 9.53 Å². The summed E-state index contributed by atoms with van der Waals surface area (Å²) in [5.74, 6) is 0.562. The molecule has 0 aliphatic rings. The van der Waals surface area contributed by atoms with Gasteiger partial charge in [0.05, 0.1) is 7.11 Å². The molecule has 0 saturated carbocycles. The SMILES string of the molecule is COc1cccc(C(=O)C(Cl)CCl)c1. The van der Waals surface area contributed by atoms with Crippen LogP contribution in [0.15, 0.2) is 24.3 Å². The first-order chi connectivity index (χ1) is 6.69. The summed E-state index contributed by atoms with van der Waals surface area (Å²) < 4.78 is 4.99. The molecule has 0 fully saturated rings. The number of benzene rings is 1. The van der Waals surface area contributed by atoms with Crippen LogP contribution >= 0.6 is 23.2 Å². The Hall–Kier alpha value is -0.730. The second-order valence-electron chi connectivity index (χ2n) is 2.72. The topological polar surface area (TPSA) is 26.3 Å². The van der Waals surface area contributed by atoms with Crippen LogP contribution in [-0.2, 0) is 0 Å². The van der Waals surface area contributed by atoms with Gasteiger partial charge in [0.2, 0.25) is 0 Å². The Morgan fingerprint density at radius 3 is 2.86 bits per heavy atom. The molecule has 1 rings (SSSR count). The van der Waals surface area contributed by atoms with Crippen LogP contribution < -0.4 is 4.74 Å². The van der Waals surface area contributed by atoms with Gasteiger partial charge in [-0.15, -0.1) is 23.2 Å². The maximum absolute atomic E-state index is 11.6. The van der Waals surface area contributed by atoms with Crippen molar-refractivity contribution in [3.63, 3.8) is 0 Å². The molecule has 0 heterocycles. The average Bonchev–Trinajstić information content (AvgIpc) is 2.27. The minimum absolute atomic E-state index is 0.109. The van der Waals surface area contributed by atoms with E-state index >= 15 is 0 Å². The smallest absolute Gasteiger partial charge is 0.182 e. The van der Waals surface area contributed by atoms with Crippen molar-refractivity contribution >= 4 is 29.0 Å². The summed E-state index contributed by atoms with van der Waals surface area (Å²) in [6.07, 6.45) is 0. The first-order valence-corrected chi connectivity index (χ1v) is 5.04. The van der Waals surface area contributed by atoms with Crippen molar-refractivity contribution in [3.05, 3.63) is 29.8 Å². The molecule has 0 bridgehead atoms. The van der Waals surface area contributed by atoms with E-state index in [0.717, 1.165) is 0 Å². The Bertz CT molecular complexity index is 326. The number of alkyl halides is 2. The van der Waals surface area contributed by atoms with Gasteiger partial charge in [-0.1, -0.05) is 12.1 Å². The normalized spacial score (nSPS) is 12.2. The van der Waals surface area contributed by atoms with E-state index in [0.29, 0.717) is 11.3 Å². The van der Waals surface area contributed by atoms with E-state index in [1.165, 1.54) is 0 Å². The van der Waals surface area contributed by atoms with E-state index in [1.54, 1.807) is 31.4 Å². The monoisotopic (exact) mass is 232 g/mol. The van der Waals surface area contributed by atoms with Crippen LogP contribution in [0.4, 0.5) is 0 Å². The third-order valence-electron chi connectivity index (χ3n) is 1.77. The van der Waals surface area contributed by atoms with Crippen molar-refractivity contribution in [1.82, 2.24) is 0 Å². The molecule has 0 spiro atoms. The Labute approximate surface area is 92.8 Å². The summed E-state index contributed by atoms with van der Waals surface area (Å²) >= 11 is 11.2. The Balaban J connectivity index is 2.90. The molecule has 1 aromatic carbocycles. The highest BCUT2D eigenvalue weighted by molar-refractivity contribution is 6.38. The Morgan fingerprint density at radius 2 is 2.29 bits per heavy atom. The van der Waals surface area contributed by atoms with Gasteiger partial charge in [0.15, 0.2) is 5.78 Å². The van der Waals surface area contributed by atoms with Crippen LogP contribution in [0.5, 0.6) is 5.75 Å². The zero-order chi connectivity index (χ0) is 10.6. The summed E-state index contributed by atoms with van der Waals surface area (Å²) in [6.45, 7) is 0. The number of halogens is 2. The molecule has 1 unspecified atom stereocenters. The molecular formula is C10H10Cl2O2. The molecule has 0 amide bonds. The average molecular weight is 233 g/mol. The van der Waals surface area contributed by atoms with Gasteiger partial charge in [-0.25, -0.2) is 0 Å². The van der Waals surface area contributed by atoms with Crippen molar-refractivity contribution in [2.24, 2.45) is 0 Å². The van der Waals surface area contributed by atoms with Gasteiger partial charge >= 0.3 is 0 Å². The van der Waals surface area contributed by atoms with E-state index < -0.39 is 5.38 Å². The molecule has 0 saturated heterocycles.